The highest BCUT2D eigenvalue weighted by Crippen LogP contribution is 2.41. The number of esters is 1. The van der Waals surface area contributed by atoms with E-state index >= 15 is 0 Å². The smallest absolute Gasteiger partial charge is 0.337 e. The van der Waals surface area contributed by atoms with Crippen LogP contribution >= 0.6 is 15.9 Å². The van der Waals surface area contributed by atoms with E-state index in [0.717, 1.165) is 43.2 Å². The highest BCUT2D eigenvalue weighted by Gasteiger charge is 2.41. The van der Waals surface area contributed by atoms with Crippen LogP contribution < -0.4 is 10.1 Å². The van der Waals surface area contributed by atoms with Gasteiger partial charge in [0, 0.05) is 42.9 Å². The SMILES string of the molecule is COC(=O)c1cc(C)nc(-c2cnn(C)c2OCCN2CC3CCC(Nc4cc(Br)ccc4[N+](=O)[O-])(CC3)C2)c1. The Morgan fingerprint density at radius 2 is 2.05 bits per heavy atom. The van der Waals surface area contributed by atoms with E-state index in [4.69, 9.17) is 9.47 Å². The van der Waals surface area contributed by atoms with Gasteiger partial charge in [-0.25, -0.2) is 9.48 Å². The standard InChI is InChI=1S/C28H33BrN6O5/c1-18-12-20(27(36)39-3)13-23(31-18)22-15-30-33(2)26(22)40-11-10-34-16-19-6-8-28(17-34,9-7-19)32-24-14-21(29)4-5-25(24)35(37)38/h4-5,12-15,19,32H,6-11,16-17H2,1-3H3. The number of nitro groups is 1. The first-order valence-corrected chi connectivity index (χ1v) is 14.1. The minimum absolute atomic E-state index is 0.0858. The van der Waals surface area contributed by atoms with E-state index in [1.54, 1.807) is 41.2 Å². The van der Waals surface area contributed by atoms with Gasteiger partial charge in [-0.15, -0.1) is 0 Å². The van der Waals surface area contributed by atoms with Crippen LogP contribution in [0.3, 0.4) is 0 Å². The lowest BCUT2D eigenvalue weighted by molar-refractivity contribution is -0.384. The molecular weight excluding hydrogens is 580 g/mol. The van der Waals surface area contributed by atoms with Crippen molar-refractivity contribution in [2.45, 2.75) is 38.1 Å². The number of aryl methyl sites for hydroxylation is 2. The van der Waals surface area contributed by atoms with Gasteiger partial charge in [0.05, 0.1) is 40.6 Å². The number of ether oxygens (including phenoxy) is 2. The normalized spacial score (nSPS) is 20.6. The number of hydrogen-bond acceptors (Lipinski definition) is 9. The molecule has 2 saturated heterocycles. The van der Waals surface area contributed by atoms with Crippen molar-refractivity contribution in [3.8, 4) is 17.1 Å². The number of anilines is 1. The Morgan fingerprint density at radius 3 is 2.77 bits per heavy atom. The van der Waals surface area contributed by atoms with Crippen molar-refractivity contribution in [3.05, 3.63) is 62.4 Å². The van der Waals surface area contributed by atoms with E-state index in [1.807, 2.05) is 14.0 Å². The minimum Gasteiger partial charge on any atom is -0.476 e. The first kappa shape index (κ1) is 28.0. The highest BCUT2D eigenvalue weighted by molar-refractivity contribution is 9.10. The molecule has 0 radical (unpaired) electrons. The molecule has 12 heteroatoms. The molecule has 3 fully saturated rings. The van der Waals surface area contributed by atoms with Gasteiger partial charge < -0.3 is 14.8 Å². The fourth-order valence-corrected chi connectivity index (χ4v) is 6.26. The minimum atomic E-state index is -0.426. The Morgan fingerprint density at radius 1 is 1.27 bits per heavy atom. The number of aromatic nitrogens is 3. The fourth-order valence-electron chi connectivity index (χ4n) is 5.90. The zero-order chi connectivity index (χ0) is 28.4. The summed E-state index contributed by atoms with van der Waals surface area (Å²) in [6.07, 6.45) is 5.78. The predicted octanol–water partition coefficient (Wildman–Crippen LogP) is 4.98. The van der Waals surface area contributed by atoms with Crippen LogP contribution in [0.4, 0.5) is 11.4 Å². The summed E-state index contributed by atoms with van der Waals surface area (Å²) in [7, 11) is 3.16. The Kier molecular flexibility index (Phi) is 8.09. The average molecular weight is 614 g/mol. The number of nitrogens with zero attached hydrogens (tertiary/aromatic N) is 5. The number of hydrogen-bond donors (Lipinski definition) is 1. The third-order valence-corrected chi connectivity index (χ3v) is 8.33. The van der Waals surface area contributed by atoms with Crippen LogP contribution in [-0.4, -0.2) is 69.4 Å². The monoisotopic (exact) mass is 612 g/mol. The van der Waals surface area contributed by atoms with Crippen molar-refractivity contribution in [2.75, 3.05) is 38.7 Å². The van der Waals surface area contributed by atoms with Crippen LogP contribution in [0.25, 0.3) is 11.3 Å². The fraction of sp³-hybridized carbons (Fsp3) is 0.464. The molecule has 0 spiro atoms. The van der Waals surface area contributed by atoms with Crippen molar-refractivity contribution in [3.63, 3.8) is 0 Å². The van der Waals surface area contributed by atoms with Crippen LogP contribution in [0.15, 0.2) is 41.0 Å². The van der Waals surface area contributed by atoms with Gasteiger partial charge in [0.2, 0.25) is 5.88 Å². The third-order valence-electron chi connectivity index (χ3n) is 7.84. The summed E-state index contributed by atoms with van der Waals surface area (Å²) in [5.74, 6) is 0.740. The number of methoxy groups -OCH3 is 1. The van der Waals surface area contributed by atoms with Crippen LogP contribution in [0.2, 0.25) is 0 Å². The number of benzene rings is 1. The molecule has 11 nitrogen and oxygen atoms in total. The molecule has 2 aliphatic heterocycles. The van der Waals surface area contributed by atoms with Gasteiger partial charge in [0.1, 0.15) is 12.3 Å². The summed E-state index contributed by atoms with van der Waals surface area (Å²) in [4.78, 5) is 30.5. The van der Waals surface area contributed by atoms with Crippen molar-refractivity contribution in [1.29, 1.82) is 0 Å². The second-order valence-electron chi connectivity index (χ2n) is 10.7. The molecule has 1 aromatic carbocycles. The Balaban J connectivity index is 1.30. The Labute approximate surface area is 241 Å². The Hall–Kier alpha value is -3.51. The van der Waals surface area contributed by atoms with E-state index in [1.165, 1.54) is 7.11 Å². The number of fused-ring (bicyclic) bond motifs is 4. The summed E-state index contributed by atoms with van der Waals surface area (Å²) in [6, 6.07) is 8.41. The molecule has 3 aliphatic rings. The molecule has 0 amide bonds. The summed E-state index contributed by atoms with van der Waals surface area (Å²) in [5, 5.41) is 19.7. The zero-order valence-electron chi connectivity index (χ0n) is 22.9. The summed E-state index contributed by atoms with van der Waals surface area (Å²) in [5.41, 5.74) is 2.79. The second-order valence-corrected chi connectivity index (χ2v) is 11.6. The first-order chi connectivity index (χ1) is 19.2. The van der Waals surface area contributed by atoms with E-state index in [9.17, 15) is 14.9 Å². The van der Waals surface area contributed by atoms with Gasteiger partial charge in [-0.2, -0.15) is 5.10 Å². The molecule has 212 valence electrons. The maximum absolute atomic E-state index is 12.1. The molecule has 6 rings (SSSR count). The molecule has 3 aromatic rings. The lowest BCUT2D eigenvalue weighted by Gasteiger charge is -2.39. The number of pyridine rings is 1. The van der Waals surface area contributed by atoms with Gasteiger partial charge in [0.15, 0.2) is 0 Å². The second kappa shape index (κ2) is 11.5. The lowest BCUT2D eigenvalue weighted by atomic mass is 9.78. The third kappa shape index (κ3) is 5.97. The predicted molar refractivity (Wildman–Crippen MR) is 154 cm³/mol. The summed E-state index contributed by atoms with van der Waals surface area (Å²) in [6.45, 7) is 4.69. The summed E-state index contributed by atoms with van der Waals surface area (Å²) >= 11 is 3.46. The molecule has 40 heavy (non-hydrogen) atoms. The van der Waals surface area contributed by atoms with Gasteiger partial charge in [0.25, 0.3) is 5.69 Å². The number of rotatable bonds is 9. The first-order valence-electron chi connectivity index (χ1n) is 13.3. The molecular formula is C28H33BrN6O5. The number of carbonyl (C=O) groups is 1. The van der Waals surface area contributed by atoms with Gasteiger partial charge in [-0.3, -0.25) is 20.0 Å². The van der Waals surface area contributed by atoms with Crippen molar-refractivity contribution < 1.29 is 19.2 Å². The number of nitrogens with one attached hydrogen (secondary N) is 1. The van der Waals surface area contributed by atoms with Crippen molar-refractivity contribution in [2.24, 2.45) is 13.0 Å². The maximum Gasteiger partial charge on any atom is 0.337 e. The lowest BCUT2D eigenvalue weighted by Crippen LogP contribution is -2.48. The average Bonchev–Trinajstić information content (AvgIpc) is 3.09. The molecule has 1 aliphatic carbocycles. The van der Waals surface area contributed by atoms with E-state index in [2.05, 4.69) is 36.2 Å². The van der Waals surface area contributed by atoms with Crippen molar-refractivity contribution in [1.82, 2.24) is 19.7 Å². The topological polar surface area (TPSA) is 125 Å². The van der Waals surface area contributed by atoms with E-state index < -0.39 is 5.97 Å². The highest BCUT2D eigenvalue weighted by atomic mass is 79.9. The molecule has 2 aromatic heterocycles. The van der Waals surface area contributed by atoms with E-state index in [0.29, 0.717) is 53.2 Å². The maximum atomic E-state index is 12.1. The van der Waals surface area contributed by atoms with Gasteiger partial charge >= 0.3 is 5.97 Å². The van der Waals surface area contributed by atoms with Crippen LogP contribution in [0.1, 0.15) is 41.7 Å². The Bertz CT molecular complexity index is 1420. The molecule has 0 unspecified atom stereocenters. The number of carbonyl (C=O) groups excluding carboxylic acids is 1. The molecule has 1 N–H and O–H groups in total. The summed E-state index contributed by atoms with van der Waals surface area (Å²) < 4.78 is 13.6. The zero-order valence-corrected chi connectivity index (χ0v) is 24.4. The largest absolute Gasteiger partial charge is 0.476 e. The number of halogens is 1. The van der Waals surface area contributed by atoms with Crippen LogP contribution in [0, 0.1) is 23.0 Å². The van der Waals surface area contributed by atoms with Crippen molar-refractivity contribution >= 4 is 33.3 Å². The van der Waals surface area contributed by atoms with Gasteiger partial charge in [-0.05, 0) is 62.8 Å². The van der Waals surface area contributed by atoms with Gasteiger partial charge in [-0.1, -0.05) is 15.9 Å². The van der Waals surface area contributed by atoms with Crippen LogP contribution in [-0.2, 0) is 11.8 Å². The quantitative estimate of drug-likeness (QED) is 0.202. The molecule has 0 atom stereocenters. The van der Waals surface area contributed by atoms with Crippen LogP contribution in [0.5, 0.6) is 5.88 Å². The number of nitro benzene ring substituents is 1. The molecule has 4 heterocycles. The van der Waals surface area contributed by atoms with E-state index in [-0.39, 0.29) is 16.1 Å². The molecule has 2 bridgehead atoms. The molecule has 1 saturated carbocycles.